The topological polar surface area (TPSA) is 86.7 Å². The number of esters is 4. The van der Waals surface area contributed by atoms with Crippen LogP contribution in [0.5, 0.6) is 0 Å². The van der Waals surface area contributed by atoms with E-state index in [0.717, 1.165) is 19.9 Å². The van der Waals surface area contributed by atoms with Gasteiger partial charge in [0.2, 0.25) is 0 Å². The Morgan fingerprint density at radius 3 is 1.73 bits per heavy atom. The zero-order valence-electron chi connectivity index (χ0n) is 8.53. The van der Waals surface area contributed by atoms with Gasteiger partial charge < -0.3 is 9.47 Å². The molecule has 0 atom stereocenters. The molecule has 0 fully saturated rings. The Kier molecular flexibility index (Phi) is 4.94. The lowest BCUT2D eigenvalue weighted by molar-refractivity contribution is -0.157. The van der Waals surface area contributed by atoms with Gasteiger partial charge in [-0.15, -0.1) is 0 Å². The lowest BCUT2D eigenvalue weighted by Gasteiger charge is -1.99. The first kappa shape index (κ1) is 13.0. The zero-order valence-corrected chi connectivity index (χ0v) is 8.53. The minimum atomic E-state index is -0.986. The highest BCUT2D eigenvalue weighted by Gasteiger charge is 2.11. The molecule has 0 bridgehead atoms. The maximum absolute atomic E-state index is 11.0. The van der Waals surface area contributed by atoms with E-state index in [0.29, 0.717) is 0 Å². The minimum Gasteiger partial charge on any atom is -0.390 e. The standard InChI is InChI=1S/C9H10O6/c1-5(9(13)15-7(3)11)4-8(12)14-6(2)10/h4H,1-3H3. The molecule has 0 radical (unpaired) electrons. The third-order valence-corrected chi connectivity index (χ3v) is 1.14. The second kappa shape index (κ2) is 5.69. The summed E-state index contributed by atoms with van der Waals surface area (Å²) in [7, 11) is 0. The third kappa shape index (κ3) is 6.14. The van der Waals surface area contributed by atoms with Gasteiger partial charge in [0.05, 0.1) is 0 Å². The predicted molar refractivity (Wildman–Crippen MR) is 47.3 cm³/mol. The van der Waals surface area contributed by atoms with Crippen LogP contribution in [0.2, 0.25) is 0 Å². The minimum absolute atomic E-state index is 0.128. The lowest BCUT2D eigenvalue weighted by atomic mass is 10.3. The number of hydrogen-bond acceptors (Lipinski definition) is 6. The molecule has 0 aliphatic carbocycles. The number of carbonyl (C=O) groups excluding carboxylic acids is 4. The Hall–Kier alpha value is -1.98. The largest absolute Gasteiger partial charge is 0.390 e. The van der Waals surface area contributed by atoms with Crippen LogP contribution in [-0.2, 0) is 28.7 Å². The molecule has 0 aromatic heterocycles. The van der Waals surface area contributed by atoms with Gasteiger partial charge in [0.15, 0.2) is 0 Å². The molecule has 0 spiro atoms. The molecule has 82 valence electrons. The second-order valence-electron chi connectivity index (χ2n) is 2.62. The molecular weight excluding hydrogens is 204 g/mol. The summed E-state index contributed by atoms with van der Waals surface area (Å²) >= 11 is 0. The number of hydrogen-bond donors (Lipinski definition) is 0. The molecule has 15 heavy (non-hydrogen) atoms. The van der Waals surface area contributed by atoms with Crippen molar-refractivity contribution in [3.63, 3.8) is 0 Å². The van der Waals surface area contributed by atoms with Gasteiger partial charge in [-0.1, -0.05) is 0 Å². The van der Waals surface area contributed by atoms with Gasteiger partial charge in [-0.3, -0.25) is 9.59 Å². The summed E-state index contributed by atoms with van der Waals surface area (Å²) in [5.41, 5.74) is -0.128. The summed E-state index contributed by atoms with van der Waals surface area (Å²) in [6.45, 7) is 3.36. The average Bonchev–Trinajstić information content (AvgIpc) is 2.00. The summed E-state index contributed by atoms with van der Waals surface area (Å²) in [6.07, 6.45) is 0.771. The molecule has 0 saturated carbocycles. The Morgan fingerprint density at radius 1 is 0.867 bits per heavy atom. The highest BCUT2D eigenvalue weighted by atomic mass is 16.6. The maximum Gasteiger partial charge on any atom is 0.341 e. The van der Waals surface area contributed by atoms with E-state index in [4.69, 9.17) is 0 Å². The van der Waals surface area contributed by atoms with Crippen molar-refractivity contribution in [1.82, 2.24) is 0 Å². The predicted octanol–water partition coefficient (Wildman–Crippen LogP) is 0.112. The van der Waals surface area contributed by atoms with E-state index in [1.807, 2.05) is 0 Å². The van der Waals surface area contributed by atoms with Crippen LogP contribution in [0.4, 0.5) is 0 Å². The van der Waals surface area contributed by atoms with Gasteiger partial charge in [0, 0.05) is 25.5 Å². The van der Waals surface area contributed by atoms with Gasteiger partial charge in [-0.2, -0.15) is 0 Å². The van der Waals surface area contributed by atoms with E-state index >= 15 is 0 Å². The fraction of sp³-hybridized carbons (Fsp3) is 0.333. The average molecular weight is 214 g/mol. The Balaban J connectivity index is 4.42. The quantitative estimate of drug-likeness (QED) is 0.368. The van der Waals surface area contributed by atoms with Crippen molar-refractivity contribution in [2.75, 3.05) is 0 Å². The van der Waals surface area contributed by atoms with Crippen molar-refractivity contribution < 1.29 is 28.7 Å². The summed E-state index contributed by atoms with van der Waals surface area (Å²) < 4.78 is 8.31. The van der Waals surface area contributed by atoms with Crippen LogP contribution in [0.1, 0.15) is 20.8 Å². The van der Waals surface area contributed by atoms with Gasteiger partial charge in [-0.25, -0.2) is 9.59 Å². The molecule has 0 amide bonds. The van der Waals surface area contributed by atoms with Crippen molar-refractivity contribution >= 4 is 23.9 Å². The van der Waals surface area contributed by atoms with Gasteiger partial charge in [-0.05, 0) is 6.92 Å². The molecule has 0 aliphatic heterocycles. The second-order valence-corrected chi connectivity index (χ2v) is 2.62. The highest BCUT2D eigenvalue weighted by molar-refractivity contribution is 6.01. The summed E-state index contributed by atoms with van der Waals surface area (Å²) in [4.78, 5) is 42.5. The molecule has 0 aromatic carbocycles. The lowest BCUT2D eigenvalue weighted by Crippen LogP contribution is -2.13. The smallest absolute Gasteiger partial charge is 0.341 e. The molecule has 0 rings (SSSR count). The molecule has 0 aromatic rings. The van der Waals surface area contributed by atoms with Crippen molar-refractivity contribution in [1.29, 1.82) is 0 Å². The molecule has 0 saturated heterocycles. The molecule has 0 aliphatic rings. The summed E-state index contributed by atoms with van der Waals surface area (Å²) in [5.74, 6) is -3.51. The van der Waals surface area contributed by atoms with Crippen LogP contribution in [0.25, 0.3) is 0 Å². The van der Waals surface area contributed by atoms with E-state index in [9.17, 15) is 19.2 Å². The monoisotopic (exact) mass is 214 g/mol. The maximum atomic E-state index is 11.0. The van der Waals surface area contributed by atoms with E-state index < -0.39 is 23.9 Å². The van der Waals surface area contributed by atoms with Gasteiger partial charge in [0.25, 0.3) is 0 Å². The van der Waals surface area contributed by atoms with Crippen LogP contribution in [0, 0.1) is 0 Å². The van der Waals surface area contributed by atoms with E-state index in [1.165, 1.54) is 6.92 Å². The van der Waals surface area contributed by atoms with Crippen LogP contribution in [0.3, 0.4) is 0 Å². The van der Waals surface area contributed by atoms with Crippen LogP contribution >= 0.6 is 0 Å². The Morgan fingerprint density at radius 2 is 1.33 bits per heavy atom. The molecular formula is C9H10O6. The van der Waals surface area contributed by atoms with Crippen molar-refractivity contribution in [2.45, 2.75) is 20.8 Å². The number of carbonyl (C=O) groups is 4. The number of rotatable bonds is 2. The van der Waals surface area contributed by atoms with E-state index in [1.54, 1.807) is 0 Å². The molecule has 0 heterocycles. The SMILES string of the molecule is CC(=O)OC(=O)C=C(C)C(=O)OC(C)=O. The summed E-state index contributed by atoms with van der Waals surface area (Å²) in [6, 6.07) is 0. The van der Waals surface area contributed by atoms with E-state index in [2.05, 4.69) is 9.47 Å². The first-order valence-corrected chi connectivity index (χ1v) is 3.96. The highest BCUT2D eigenvalue weighted by Crippen LogP contribution is 1.98. The molecule has 0 unspecified atom stereocenters. The van der Waals surface area contributed by atoms with Crippen molar-refractivity contribution in [3.8, 4) is 0 Å². The fourth-order valence-corrected chi connectivity index (χ4v) is 0.618. The van der Waals surface area contributed by atoms with Crippen LogP contribution in [-0.4, -0.2) is 23.9 Å². The molecule has 0 N–H and O–H groups in total. The fourth-order valence-electron chi connectivity index (χ4n) is 0.618. The first-order chi connectivity index (χ1) is 6.82. The summed E-state index contributed by atoms with van der Waals surface area (Å²) in [5, 5.41) is 0. The first-order valence-electron chi connectivity index (χ1n) is 3.96. The Labute approximate surface area is 85.8 Å². The Bertz CT molecular complexity index is 339. The van der Waals surface area contributed by atoms with E-state index in [-0.39, 0.29) is 5.57 Å². The third-order valence-electron chi connectivity index (χ3n) is 1.14. The molecule has 6 heteroatoms. The van der Waals surface area contributed by atoms with Gasteiger partial charge in [0.1, 0.15) is 0 Å². The van der Waals surface area contributed by atoms with Crippen LogP contribution in [0.15, 0.2) is 11.6 Å². The molecule has 6 nitrogen and oxygen atoms in total. The van der Waals surface area contributed by atoms with Crippen molar-refractivity contribution in [2.24, 2.45) is 0 Å². The van der Waals surface area contributed by atoms with Crippen molar-refractivity contribution in [3.05, 3.63) is 11.6 Å². The van der Waals surface area contributed by atoms with Crippen LogP contribution < -0.4 is 0 Å². The normalized spacial score (nSPS) is 10.5. The zero-order chi connectivity index (χ0) is 12.0. The number of ether oxygens (including phenoxy) is 2. The van der Waals surface area contributed by atoms with Gasteiger partial charge >= 0.3 is 23.9 Å².